The zero-order chi connectivity index (χ0) is 8.65. The van der Waals surface area contributed by atoms with E-state index in [4.69, 9.17) is 23.7 Å². The van der Waals surface area contributed by atoms with Crippen LogP contribution in [-0.2, 0) is 4.79 Å². The predicted octanol–water partition coefficient (Wildman–Crippen LogP) is 0.174. The van der Waals surface area contributed by atoms with E-state index in [1.165, 1.54) is 0 Å². The lowest BCUT2D eigenvalue weighted by Crippen LogP contribution is -2.54. The van der Waals surface area contributed by atoms with Gasteiger partial charge in [0.1, 0.15) is 0 Å². The Bertz CT molecular complexity index is 192. The van der Waals surface area contributed by atoms with Crippen molar-refractivity contribution in [2.24, 2.45) is 22.8 Å². The molecule has 4 heteroatoms. The second kappa shape index (κ2) is 2.44. The highest BCUT2D eigenvalue weighted by molar-refractivity contribution is 7.80. The molecule has 3 nitrogen and oxygen atoms in total. The van der Waals surface area contributed by atoms with Crippen LogP contribution in [0, 0.1) is 11.3 Å². The number of hydrogen-bond acceptors (Lipinski definition) is 2. The molecule has 0 spiro atoms. The van der Waals surface area contributed by atoms with E-state index in [1.54, 1.807) is 0 Å². The van der Waals surface area contributed by atoms with Gasteiger partial charge in [-0.3, -0.25) is 4.79 Å². The van der Waals surface area contributed by atoms with E-state index in [2.05, 4.69) is 6.92 Å². The summed E-state index contributed by atoms with van der Waals surface area (Å²) in [7, 11) is 0. The summed E-state index contributed by atoms with van der Waals surface area (Å²) in [5, 5.41) is 0. The summed E-state index contributed by atoms with van der Waals surface area (Å²) in [6.45, 7) is 2.06. The first kappa shape index (κ1) is 8.46. The number of rotatable bonds is 2. The number of carbonyl (C=O) groups excluding carboxylic acids is 1. The molecule has 1 fully saturated rings. The summed E-state index contributed by atoms with van der Waals surface area (Å²) < 4.78 is 0. The van der Waals surface area contributed by atoms with Gasteiger partial charge in [0.2, 0.25) is 5.91 Å². The standard InChI is InChI=1S/C7H12N2OS/c1-4-2-7(3-4,5(8)10)6(9)11/h4H,2-3H2,1H3,(H2,8,10)(H2,9,11). The average molecular weight is 172 g/mol. The number of nitrogens with two attached hydrogens (primary N) is 2. The molecular formula is C7H12N2OS. The maximum Gasteiger partial charge on any atom is 0.230 e. The highest BCUT2D eigenvalue weighted by atomic mass is 32.1. The van der Waals surface area contributed by atoms with Gasteiger partial charge in [-0.05, 0) is 18.8 Å². The van der Waals surface area contributed by atoms with Gasteiger partial charge in [-0.25, -0.2) is 0 Å². The molecule has 11 heavy (non-hydrogen) atoms. The van der Waals surface area contributed by atoms with Gasteiger partial charge in [-0.15, -0.1) is 0 Å². The average Bonchev–Trinajstić information content (AvgIpc) is 1.78. The molecule has 1 saturated carbocycles. The molecule has 1 aliphatic rings. The minimum Gasteiger partial charge on any atom is -0.392 e. The lowest BCUT2D eigenvalue weighted by Gasteiger charge is -2.42. The topological polar surface area (TPSA) is 69.1 Å². The lowest BCUT2D eigenvalue weighted by molar-refractivity contribution is -0.129. The zero-order valence-electron chi connectivity index (χ0n) is 6.46. The number of amides is 1. The Morgan fingerprint density at radius 3 is 2.09 bits per heavy atom. The van der Waals surface area contributed by atoms with E-state index in [0.717, 1.165) is 12.8 Å². The third kappa shape index (κ3) is 1.11. The van der Waals surface area contributed by atoms with Gasteiger partial charge in [0.05, 0.1) is 10.4 Å². The number of thiocarbonyl (C=S) groups is 1. The molecule has 0 aliphatic heterocycles. The van der Waals surface area contributed by atoms with Crippen molar-refractivity contribution in [2.75, 3.05) is 0 Å². The fourth-order valence-corrected chi connectivity index (χ4v) is 1.92. The molecule has 1 aliphatic carbocycles. The van der Waals surface area contributed by atoms with Gasteiger partial charge in [0.15, 0.2) is 0 Å². The fourth-order valence-electron chi connectivity index (χ4n) is 1.65. The number of carbonyl (C=O) groups is 1. The summed E-state index contributed by atoms with van der Waals surface area (Å²) in [5.41, 5.74) is 9.96. The minimum atomic E-state index is -0.658. The van der Waals surface area contributed by atoms with Crippen LogP contribution in [0.15, 0.2) is 0 Å². The van der Waals surface area contributed by atoms with Gasteiger partial charge < -0.3 is 11.5 Å². The highest BCUT2D eigenvalue weighted by Crippen LogP contribution is 2.45. The quantitative estimate of drug-likeness (QED) is 0.583. The first-order valence-electron chi connectivity index (χ1n) is 3.59. The molecule has 0 saturated heterocycles. The smallest absolute Gasteiger partial charge is 0.230 e. The molecule has 0 aromatic rings. The van der Waals surface area contributed by atoms with Crippen LogP contribution in [0.1, 0.15) is 19.8 Å². The summed E-state index contributed by atoms with van der Waals surface area (Å²) in [6, 6.07) is 0. The van der Waals surface area contributed by atoms with Gasteiger partial charge in [-0.1, -0.05) is 19.1 Å². The van der Waals surface area contributed by atoms with Crippen molar-refractivity contribution >= 4 is 23.1 Å². The first-order valence-corrected chi connectivity index (χ1v) is 3.99. The van der Waals surface area contributed by atoms with Crippen molar-refractivity contribution in [3.63, 3.8) is 0 Å². The molecule has 1 amide bonds. The number of hydrogen-bond donors (Lipinski definition) is 2. The third-order valence-corrected chi connectivity index (χ3v) is 2.73. The molecule has 4 N–H and O–H groups in total. The second-order valence-electron chi connectivity index (χ2n) is 3.32. The van der Waals surface area contributed by atoms with Crippen LogP contribution in [0.4, 0.5) is 0 Å². The van der Waals surface area contributed by atoms with Crippen molar-refractivity contribution in [1.29, 1.82) is 0 Å². The molecule has 0 unspecified atom stereocenters. The largest absolute Gasteiger partial charge is 0.392 e. The van der Waals surface area contributed by atoms with Crippen LogP contribution in [-0.4, -0.2) is 10.9 Å². The van der Waals surface area contributed by atoms with E-state index in [0.29, 0.717) is 5.92 Å². The van der Waals surface area contributed by atoms with Crippen LogP contribution < -0.4 is 11.5 Å². The van der Waals surface area contributed by atoms with Gasteiger partial charge >= 0.3 is 0 Å². The molecule has 1 rings (SSSR count). The van der Waals surface area contributed by atoms with Crippen molar-refractivity contribution in [1.82, 2.24) is 0 Å². The van der Waals surface area contributed by atoms with E-state index >= 15 is 0 Å². The Morgan fingerprint density at radius 2 is 2.00 bits per heavy atom. The Balaban J connectivity index is 2.77. The maximum atomic E-state index is 10.9. The molecule has 0 aromatic heterocycles. The van der Waals surface area contributed by atoms with Crippen LogP contribution in [0.25, 0.3) is 0 Å². The highest BCUT2D eigenvalue weighted by Gasteiger charge is 2.49. The van der Waals surface area contributed by atoms with Gasteiger partial charge in [0.25, 0.3) is 0 Å². The Kier molecular flexibility index (Phi) is 1.88. The molecule has 0 bridgehead atoms. The monoisotopic (exact) mass is 172 g/mol. The molecular weight excluding hydrogens is 160 g/mol. The molecule has 0 aromatic carbocycles. The van der Waals surface area contributed by atoms with Gasteiger partial charge in [-0.2, -0.15) is 0 Å². The third-order valence-electron chi connectivity index (χ3n) is 2.34. The summed E-state index contributed by atoms with van der Waals surface area (Å²) in [4.78, 5) is 11.2. The second-order valence-corrected chi connectivity index (χ2v) is 3.76. The fraction of sp³-hybridized carbons (Fsp3) is 0.714. The summed E-state index contributed by atoms with van der Waals surface area (Å²) in [6.07, 6.45) is 1.44. The normalized spacial score (nSPS) is 35.9. The van der Waals surface area contributed by atoms with Crippen molar-refractivity contribution in [3.05, 3.63) is 0 Å². The van der Waals surface area contributed by atoms with E-state index < -0.39 is 5.41 Å². The van der Waals surface area contributed by atoms with E-state index in [-0.39, 0.29) is 10.9 Å². The van der Waals surface area contributed by atoms with Crippen LogP contribution >= 0.6 is 12.2 Å². The molecule has 0 atom stereocenters. The van der Waals surface area contributed by atoms with Crippen LogP contribution in [0.3, 0.4) is 0 Å². The number of primary amides is 1. The Morgan fingerprint density at radius 1 is 1.55 bits per heavy atom. The minimum absolute atomic E-state index is 0.253. The van der Waals surface area contributed by atoms with Gasteiger partial charge in [0, 0.05) is 0 Å². The first-order chi connectivity index (χ1) is 4.99. The van der Waals surface area contributed by atoms with Crippen molar-refractivity contribution in [2.45, 2.75) is 19.8 Å². The Hall–Kier alpha value is -0.640. The SMILES string of the molecule is CC1CC(C(N)=O)(C(N)=S)C1. The van der Waals surface area contributed by atoms with Crippen LogP contribution in [0.5, 0.6) is 0 Å². The van der Waals surface area contributed by atoms with Crippen molar-refractivity contribution < 1.29 is 4.79 Å². The van der Waals surface area contributed by atoms with E-state index in [1.807, 2.05) is 0 Å². The molecule has 62 valence electrons. The lowest BCUT2D eigenvalue weighted by atomic mass is 9.62. The summed E-state index contributed by atoms with van der Waals surface area (Å²) >= 11 is 4.79. The van der Waals surface area contributed by atoms with Crippen LogP contribution in [0.2, 0.25) is 0 Å². The van der Waals surface area contributed by atoms with E-state index in [9.17, 15) is 4.79 Å². The maximum absolute atomic E-state index is 10.9. The van der Waals surface area contributed by atoms with Crippen molar-refractivity contribution in [3.8, 4) is 0 Å². The Labute approximate surface area is 71.1 Å². The zero-order valence-corrected chi connectivity index (χ0v) is 7.28. The summed E-state index contributed by atoms with van der Waals surface area (Å²) in [5.74, 6) is 0.145. The molecule has 0 heterocycles. The predicted molar refractivity (Wildman–Crippen MR) is 46.8 cm³/mol. The molecule has 0 radical (unpaired) electrons.